The maximum atomic E-state index is 11.8. The molecule has 0 aliphatic rings. The molecule has 1 heterocycles. The molecule has 0 radical (unpaired) electrons. The lowest BCUT2D eigenvalue weighted by atomic mass is 10.2. The fourth-order valence-corrected chi connectivity index (χ4v) is 2.60. The van der Waals surface area contributed by atoms with E-state index in [1.54, 1.807) is 12.4 Å². The first-order valence-corrected chi connectivity index (χ1v) is 10.6. The number of amides is 1. The molecule has 0 atom stereocenters. The van der Waals surface area contributed by atoms with Crippen molar-refractivity contribution >= 4 is 11.6 Å². The molecule has 0 saturated heterocycles. The molecule has 152 valence electrons. The number of hydrogen-bond acceptors (Lipinski definition) is 2. The number of carbonyl (C=O) groups excluding carboxylic acids is 1. The number of pyridine rings is 1. The van der Waals surface area contributed by atoms with Gasteiger partial charge < -0.3 is 5.32 Å². The van der Waals surface area contributed by atoms with Crippen LogP contribution in [0.1, 0.15) is 71.1 Å². The third kappa shape index (κ3) is 14.7. The van der Waals surface area contributed by atoms with Gasteiger partial charge in [0.15, 0.2) is 0 Å². The number of hydrogen-bond donors (Lipinski definition) is 1. The molecule has 0 unspecified atom stereocenters. The summed E-state index contributed by atoms with van der Waals surface area (Å²) in [6.07, 6.45) is 31.5. The van der Waals surface area contributed by atoms with E-state index in [4.69, 9.17) is 0 Å². The summed E-state index contributed by atoms with van der Waals surface area (Å²) in [5, 5.41) is 2.85. The number of rotatable bonds is 15. The van der Waals surface area contributed by atoms with Gasteiger partial charge in [0.05, 0.1) is 11.9 Å². The van der Waals surface area contributed by atoms with E-state index in [1.807, 2.05) is 12.1 Å². The van der Waals surface area contributed by atoms with Gasteiger partial charge in [0.2, 0.25) is 5.91 Å². The van der Waals surface area contributed by atoms with Gasteiger partial charge in [-0.1, -0.05) is 68.4 Å². The van der Waals surface area contributed by atoms with Crippen LogP contribution in [0.25, 0.3) is 0 Å². The second kappa shape index (κ2) is 18.0. The number of nitrogens with zero attached hydrogens (tertiary/aromatic N) is 1. The lowest BCUT2D eigenvalue weighted by Gasteiger charge is -2.03. The summed E-state index contributed by atoms with van der Waals surface area (Å²) in [7, 11) is 0. The maximum Gasteiger partial charge on any atom is 0.224 e. The smallest absolute Gasteiger partial charge is 0.224 e. The van der Waals surface area contributed by atoms with Crippen LogP contribution in [0.15, 0.2) is 73.1 Å². The monoisotopic (exact) mass is 380 g/mol. The van der Waals surface area contributed by atoms with Crippen molar-refractivity contribution in [2.75, 3.05) is 5.32 Å². The zero-order valence-electron chi connectivity index (χ0n) is 17.4. The van der Waals surface area contributed by atoms with Gasteiger partial charge in [-0.3, -0.25) is 9.78 Å². The van der Waals surface area contributed by atoms with E-state index >= 15 is 0 Å². The van der Waals surface area contributed by atoms with Crippen molar-refractivity contribution in [1.82, 2.24) is 4.98 Å². The van der Waals surface area contributed by atoms with Gasteiger partial charge in [0, 0.05) is 12.6 Å². The first-order valence-electron chi connectivity index (χ1n) is 10.6. The summed E-state index contributed by atoms with van der Waals surface area (Å²) >= 11 is 0. The van der Waals surface area contributed by atoms with Gasteiger partial charge in [-0.05, 0) is 57.1 Å². The minimum absolute atomic E-state index is 0.0453. The molecule has 3 heteroatoms. The average molecular weight is 381 g/mol. The maximum absolute atomic E-state index is 11.8. The van der Waals surface area contributed by atoms with Crippen molar-refractivity contribution in [1.29, 1.82) is 0 Å². The minimum atomic E-state index is 0.0453. The van der Waals surface area contributed by atoms with Gasteiger partial charge in [0.25, 0.3) is 0 Å². The van der Waals surface area contributed by atoms with E-state index in [-0.39, 0.29) is 5.91 Å². The summed E-state index contributed by atoms with van der Waals surface area (Å²) in [6.45, 7) is 2.24. The van der Waals surface area contributed by atoms with Crippen LogP contribution < -0.4 is 5.32 Å². The van der Waals surface area contributed by atoms with Gasteiger partial charge in [-0.25, -0.2) is 0 Å². The molecule has 0 aromatic carbocycles. The molecular formula is C25H36N2O. The molecule has 1 amide bonds. The number of nitrogens with one attached hydrogen (secondary N) is 1. The summed E-state index contributed by atoms with van der Waals surface area (Å²) in [5.74, 6) is 0.0453. The van der Waals surface area contributed by atoms with Crippen molar-refractivity contribution in [3.05, 3.63) is 73.1 Å². The fraction of sp³-hybridized carbons (Fsp3) is 0.440. The molecule has 0 aliphatic heterocycles. The molecule has 1 aromatic heterocycles. The van der Waals surface area contributed by atoms with E-state index in [9.17, 15) is 4.79 Å². The van der Waals surface area contributed by atoms with E-state index in [0.29, 0.717) is 6.42 Å². The van der Waals surface area contributed by atoms with Crippen molar-refractivity contribution in [2.45, 2.75) is 71.1 Å². The molecule has 1 N–H and O–H groups in total. The summed E-state index contributed by atoms with van der Waals surface area (Å²) < 4.78 is 0. The van der Waals surface area contributed by atoms with Crippen molar-refractivity contribution < 1.29 is 4.79 Å². The number of anilines is 1. The van der Waals surface area contributed by atoms with Crippen LogP contribution >= 0.6 is 0 Å². The van der Waals surface area contributed by atoms with Gasteiger partial charge >= 0.3 is 0 Å². The van der Waals surface area contributed by atoms with Crippen LogP contribution in [0.5, 0.6) is 0 Å². The standard InChI is InChI=1S/C25H36N2O/c1-2-3-4-5-6-7-8-9-10-11-12-13-14-15-16-17-18-21-25(28)27-24-20-19-22-26-23-24/h6-7,9-10,12-13,15-16,19-20,22-23H,2-5,8,11,14,17-18,21H2,1H3,(H,27,28)/b7-6-,10-9-,13-12-,16-15-. The quantitative estimate of drug-likeness (QED) is 0.259. The third-order valence-electron chi connectivity index (χ3n) is 4.18. The summed E-state index contributed by atoms with van der Waals surface area (Å²) in [6, 6.07) is 3.66. The van der Waals surface area contributed by atoms with Crippen LogP contribution in [0.4, 0.5) is 5.69 Å². The van der Waals surface area contributed by atoms with E-state index in [0.717, 1.165) is 37.8 Å². The molecule has 1 rings (SSSR count). The number of carbonyl (C=O) groups is 1. The molecule has 0 spiro atoms. The molecule has 0 bridgehead atoms. The lowest BCUT2D eigenvalue weighted by molar-refractivity contribution is -0.116. The highest BCUT2D eigenvalue weighted by molar-refractivity contribution is 5.90. The minimum Gasteiger partial charge on any atom is -0.325 e. The Bertz CT molecular complexity index is 615. The summed E-state index contributed by atoms with van der Waals surface area (Å²) in [4.78, 5) is 15.8. The van der Waals surface area contributed by atoms with Gasteiger partial charge in [0.1, 0.15) is 0 Å². The second-order valence-electron chi connectivity index (χ2n) is 6.77. The van der Waals surface area contributed by atoms with E-state index in [2.05, 4.69) is 65.8 Å². The highest BCUT2D eigenvalue weighted by Gasteiger charge is 2.00. The first kappa shape index (κ1) is 23.6. The van der Waals surface area contributed by atoms with E-state index < -0.39 is 0 Å². The molecule has 0 aliphatic carbocycles. The zero-order valence-corrected chi connectivity index (χ0v) is 17.4. The molecule has 1 aromatic rings. The van der Waals surface area contributed by atoms with Crippen molar-refractivity contribution in [3.8, 4) is 0 Å². The Morgan fingerprint density at radius 1 is 0.893 bits per heavy atom. The molecular weight excluding hydrogens is 344 g/mol. The highest BCUT2D eigenvalue weighted by Crippen LogP contribution is 2.06. The second-order valence-corrected chi connectivity index (χ2v) is 6.77. The lowest BCUT2D eigenvalue weighted by Crippen LogP contribution is -2.10. The Labute approximate surface area is 171 Å². The predicted octanol–water partition coefficient (Wildman–Crippen LogP) is 7.17. The Hall–Kier alpha value is -2.42. The third-order valence-corrected chi connectivity index (χ3v) is 4.18. The SMILES string of the molecule is CCCCC/C=C\C/C=C\C/C=C\C/C=C\CCCC(=O)Nc1cccnc1. The number of aromatic nitrogens is 1. The average Bonchev–Trinajstić information content (AvgIpc) is 2.71. The topological polar surface area (TPSA) is 42.0 Å². The zero-order chi connectivity index (χ0) is 20.1. The van der Waals surface area contributed by atoms with Crippen molar-refractivity contribution in [2.24, 2.45) is 0 Å². The number of unbranched alkanes of at least 4 members (excludes halogenated alkanes) is 4. The summed E-state index contributed by atoms with van der Waals surface area (Å²) in [5.41, 5.74) is 0.755. The Kier molecular flexibility index (Phi) is 15.2. The predicted molar refractivity (Wildman–Crippen MR) is 121 cm³/mol. The molecule has 0 saturated carbocycles. The van der Waals surface area contributed by atoms with Crippen molar-refractivity contribution in [3.63, 3.8) is 0 Å². The van der Waals surface area contributed by atoms with Gasteiger partial charge in [-0.2, -0.15) is 0 Å². The molecule has 3 nitrogen and oxygen atoms in total. The Morgan fingerprint density at radius 3 is 2.07 bits per heavy atom. The molecule has 28 heavy (non-hydrogen) atoms. The normalized spacial score (nSPS) is 12.0. The van der Waals surface area contributed by atoms with Crippen LogP contribution in [0.2, 0.25) is 0 Å². The number of allylic oxidation sites excluding steroid dienone is 8. The Balaban J connectivity index is 1.95. The highest BCUT2D eigenvalue weighted by atomic mass is 16.1. The Morgan fingerprint density at radius 2 is 1.50 bits per heavy atom. The molecule has 0 fully saturated rings. The fourth-order valence-electron chi connectivity index (χ4n) is 2.60. The van der Waals surface area contributed by atoms with E-state index in [1.165, 1.54) is 25.7 Å². The van der Waals surface area contributed by atoms with Crippen LogP contribution in [-0.4, -0.2) is 10.9 Å². The van der Waals surface area contributed by atoms with Crippen LogP contribution in [0.3, 0.4) is 0 Å². The van der Waals surface area contributed by atoms with Gasteiger partial charge in [-0.15, -0.1) is 0 Å². The largest absolute Gasteiger partial charge is 0.325 e. The van der Waals surface area contributed by atoms with Crippen LogP contribution in [-0.2, 0) is 4.79 Å². The first-order chi connectivity index (χ1) is 13.8. The van der Waals surface area contributed by atoms with Crippen LogP contribution in [0, 0.1) is 0 Å².